The van der Waals surface area contributed by atoms with E-state index < -0.39 is 6.03 Å². The smallest absolute Gasteiger partial charge is 0.317 e. The van der Waals surface area contributed by atoms with Crippen molar-refractivity contribution in [2.24, 2.45) is 5.73 Å². The first-order valence-electron chi connectivity index (χ1n) is 4.19. The highest BCUT2D eigenvalue weighted by Crippen LogP contribution is 2.21. The van der Waals surface area contributed by atoms with E-state index in [0.717, 1.165) is 0 Å². The molecule has 0 saturated carbocycles. The summed E-state index contributed by atoms with van der Waals surface area (Å²) in [7, 11) is 0. The molecule has 0 atom stereocenters. The standard InChI is InChI=1S/C9H8N4O2/c10-9(15)13-7-8(14)12-6-4-2-1-3-5(6)11-7/h1-4H,(H,12,14)(H3,10,11,13,15). The Morgan fingerprint density at radius 2 is 1.87 bits per heavy atom. The van der Waals surface area contributed by atoms with E-state index in [-0.39, 0.29) is 11.7 Å². The van der Waals surface area contributed by atoms with Crippen LogP contribution in [0.5, 0.6) is 5.88 Å². The van der Waals surface area contributed by atoms with Gasteiger partial charge in [0.1, 0.15) is 0 Å². The summed E-state index contributed by atoms with van der Waals surface area (Å²) in [5.41, 5.74) is 6.02. The normalized spacial score (nSPS) is 10.1. The van der Waals surface area contributed by atoms with E-state index in [0.29, 0.717) is 11.0 Å². The maximum Gasteiger partial charge on any atom is 0.317 e. The minimum atomic E-state index is -0.796. The van der Waals surface area contributed by atoms with Crippen molar-refractivity contribution in [3.8, 4) is 5.88 Å². The van der Waals surface area contributed by atoms with E-state index in [1.807, 2.05) is 0 Å². The fraction of sp³-hybridized carbons (Fsp3) is 0. The van der Waals surface area contributed by atoms with Crippen LogP contribution in [0, 0.1) is 0 Å². The number of carbonyl (C=O) groups excluding carboxylic acids is 1. The summed E-state index contributed by atoms with van der Waals surface area (Å²) in [4.78, 5) is 18.4. The number of amides is 2. The van der Waals surface area contributed by atoms with Crippen molar-refractivity contribution in [1.82, 2.24) is 9.97 Å². The second-order valence-electron chi connectivity index (χ2n) is 2.87. The SMILES string of the molecule is NC(=O)Nc1nc2ccccc2nc1O. The number of aromatic hydroxyl groups is 1. The molecule has 0 unspecified atom stereocenters. The number of para-hydroxylation sites is 2. The maximum absolute atomic E-state index is 10.6. The molecule has 15 heavy (non-hydrogen) atoms. The maximum atomic E-state index is 10.6. The molecule has 0 aliphatic heterocycles. The van der Waals surface area contributed by atoms with Crippen molar-refractivity contribution in [3.63, 3.8) is 0 Å². The lowest BCUT2D eigenvalue weighted by atomic mass is 10.3. The molecule has 6 nitrogen and oxygen atoms in total. The molecular weight excluding hydrogens is 196 g/mol. The minimum absolute atomic E-state index is 0.0406. The molecule has 0 bridgehead atoms. The van der Waals surface area contributed by atoms with Gasteiger partial charge in [-0.2, -0.15) is 0 Å². The molecule has 1 aromatic carbocycles. The van der Waals surface area contributed by atoms with Gasteiger partial charge in [0.25, 0.3) is 5.88 Å². The van der Waals surface area contributed by atoms with E-state index >= 15 is 0 Å². The Bertz CT molecular complexity index is 527. The largest absolute Gasteiger partial charge is 0.491 e. The van der Waals surface area contributed by atoms with Gasteiger partial charge in [-0.3, -0.25) is 5.32 Å². The molecule has 1 heterocycles. The van der Waals surface area contributed by atoms with Crippen LogP contribution < -0.4 is 11.1 Å². The zero-order valence-corrected chi connectivity index (χ0v) is 7.64. The first-order valence-corrected chi connectivity index (χ1v) is 4.19. The lowest BCUT2D eigenvalue weighted by molar-refractivity contribution is 0.259. The Kier molecular flexibility index (Phi) is 2.09. The van der Waals surface area contributed by atoms with E-state index in [1.54, 1.807) is 24.3 Å². The van der Waals surface area contributed by atoms with Gasteiger partial charge in [-0.15, -0.1) is 0 Å². The van der Waals surface area contributed by atoms with Gasteiger partial charge in [-0.1, -0.05) is 12.1 Å². The quantitative estimate of drug-likeness (QED) is 0.640. The average molecular weight is 204 g/mol. The van der Waals surface area contributed by atoms with Crippen LogP contribution in [0.25, 0.3) is 11.0 Å². The van der Waals surface area contributed by atoms with E-state index in [2.05, 4.69) is 15.3 Å². The molecule has 1 aromatic heterocycles. The summed E-state index contributed by atoms with van der Waals surface area (Å²) < 4.78 is 0. The molecule has 2 rings (SSSR count). The number of nitrogens with one attached hydrogen (secondary N) is 1. The molecular formula is C9H8N4O2. The molecule has 0 aliphatic carbocycles. The molecule has 76 valence electrons. The highest BCUT2D eigenvalue weighted by atomic mass is 16.3. The van der Waals surface area contributed by atoms with E-state index in [9.17, 15) is 9.90 Å². The van der Waals surface area contributed by atoms with Crippen LogP contribution in [0.15, 0.2) is 24.3 Å². The van der Waals surface area contributed by atoms with Gasteiger partial charge in [-0.25, -0.2) is 14.8 Å². The topological polar surface area (TPSA) is 101 Å². The van der Waals surface area contributed by atoms with Gasteiger partial charge in [0.15, 0.2) is 5.82 Å². The number of carbonyl (C=O) groups is 1. The van der Waals surface area contributed by atoms with E-state index in [1.165, 1.54) is 0 Å². The van der Waals surface area contributed by atoms with Crippen LogP contribution in [-0.2, 0) is 0 Å². The van der Waals surface area contributed by atoms with Crippen molar-refractivity contribution < 1.29 is 9.90 Å². The lowest BCUT2D eigenvalue weighted by Gasteiger charge is -2.04. The van der Waals surface area contributed by atoms with Crippen LogP contribution >= 0.6 is 0 Å². The first kappa shape index (κ1) is 9.20. The fourth-order valence-electron chi connectivity index (χ4n) is 1.19. The van der Waals surface area contributed by atoms with Crippen LogP contribution in [0.3, 0.4) is 0 Å². The fourth-order valence-corrected chi connectivity index (χ4v) is 1.19. The number of anilines is 1. The molecule has 0 spiro atoms. The number of aromatic nitrogens is 2. The zero-order valence-electron chi connectivity index (χ0n) is 7.64. The summed E-state index contributed by atoms with van der Waals surface area (Å²) in [6, 6.07) is 6.18. The molecule has 2 aromatic rings. The molecule has 0 aliphatic rings. The van der Waals surface area contributed by atoms with Gasteiger partial charge < -0.3 is 10.8 Å². The molecule has 0 fully saturated rings. The van der Waals surface area contributed by atoms with Gasteiger partial charge in [0.2, 0.25) is 0 Å². The molecule has 0 radical (unpaired) electrons. The molecule has 0 saturated heterocycles. The van der Waals surface area contributed by atoms with Crippen molar-refractivity contribution in [3.05, 3.63) is 24.3 Å². The highest BCUT2D eigenvalue weighted by molar-refractivity contribution is 5.89. The Labute approximate surface area is 84.8 Å². The van der Waals surface area contributed by atoms with Crippen LogP contribution in [0.2, 0.25) is 0 Å². The second kappa shape index (κ2) is 3.41. The Hall–Kier alpha value is -2.37. The molecule has 4 N–H and O–H groups in total. The van der Waals surface area contributed by atoms with Gasteiger partial charge in [-0.05, 0) is 12.1 Å². The monoisotopic (exact) mass is 204 g/mol. The summed E-state index contributed by atoms with van der Waals surface area (Å²) in [5, 5.41) is 11.6. The lowest BCUT2D eigenvalue weighted by Crippen LogP contribution is -2.20. The van der Waals surface area contributed by atoms with E-state index in [4.69, 9.17) is 5.73 Å². The number of urea groups is 1. The third-order valence-electron chi connectivity index (χ3n) is 1.79. The molecule has 6 heteroatoms. The number of hydrogen-bond donors (Lipinski definition) is 3. The number of nitrogens with zero attached hydrogens (tertiary/aromatic N) is 2. The highest BCUT2D eigenvalue weighted by Gasteiger charge is 2.08. The second-order valence-corrected chi connectivity index (χ2v) is 2.87. The average Bonchev–Trinajstić information content (AvgIpc) is 2.18. The Morgan fingerprint density at radius 1 is 1.27 bits per heavy atom. The third kappa shape index (κ3) is 1.78. The molecule has 2 amide bonds. The minimum Gasteiger partial charge on any atom is -0.491 e. The Morgan fingerprint density at radius 3 is 2.47 bits per heavy atom. The van der Waals surface area contributed by atoms with Crippen LogP contribution in [0.4, 0.5) is 10.6 Å². The summed E-state index contributed by atoms with van der Waals surface area (Å²) in [6.45, 7) is 0. The predicted octanol–water partition coefficient (Wildman–Crippen LogP) is 0.826. The van der Waals surface area contributed by atoms with Gasteiger partial charge in [0, 0.05) is 0 Å². The number of nitrogens with two attached hydrogens (primary N) is 1. The van der Waals surface area contributed by atoms with Crippen LogP contribution in [0.1, 0.15) is 0 Å². The number of rotatable bonds is 1. The third-order valence-corrected chi connectivity index (χ3v) is 1.79. The van der Waals surface area contributed by atoms with Crippen molar-refractivity contribution in [1.29, 1.82) is 0 Å². The van der Waals surface area contributed by atoms with Crippen molar-refractivity contribution in [2.75, 3.05) is 5.32 Å². The summed E-state index contributed by atoms with van der Waals surface area (Å²) in [5.74, 6) is -0.395. The van der Waals surface area contributed by atoms with Gasteiger partial charge >= 0.3 is 6.03 Å². The van der Waals surface area contributed by atoms with Crippen LogP contribution in [-0.4, -0.2) is 21.1 Å². The van der Waals surface area contributed by atoms with Gasteiger partial charge in [0.05, 0.1) is 11.0 Å². The number of benzene rings is 1. The number of primary amides is 1. The summed E-state index contributed by atoms with van der Waals surface area (Å²) in [6.07, 6.45) is 0. The van der Waals surface area contributed by atoms with Crippen molar-refractivity contribution >= 4 is 22.9 Å². The zero-order chi connectivity index (χ0) is 10.8. The Balaban J connectivity index is 2.56. The first-order chi connectivity index (χ1) is 7.16. The van der Waals surface area contributed by atoms with Crippen molar-refractivity contribution in [2.45, 2.75) is 0 Å². The predicted molar refractivity (Wildman–Crippen MR) is 54.4 cm³/mol. The number of hydrogen-bond acceptors (Lipinski definition) is 4. The number of fused-ring (bicyclic) bond motifs is 1. The summed E-state index contributed by atoms with van der Waals surface area (Å²) >= 11 is 0.